The molecular weight excluding hydrogens is 671 g/mol. The van der Waals surface area contributed by atoms with Gasteiger partial charge >= 0.3 is 0 Å². The van der Waals surface area contributed by atoms with Crippen molar-refractivity contribution in [3.63, 3.8) is 0 Å². The number of carbonyl (C=O) groups is 1. The lowest BCUT2D eigenvalue weighted by molar-refractivity contribution is -0.870. The van der Waals surface area contributed by atoms with E-state index in [-0.39, 0.29) is 19.1 Å². The smallest absolute Gasteiger partial charge is 0.268 e. The van der Waals surface area contributed by atoms with Crippen molar-refractivity contribution in [1.82, 2.24) is 5.32 Å². The number of allylic oxidation sites excluding steroid dienone is 9. The van der Waals surface area contributed by atoms with Crippen molar-refractivity contribution in [1.29, 1.82) is 0 Å². The first-order chi connectivity index (χ1) is 25.0. The van der Waals surface area contributed by atoms with Gasteiger partial charge in [0.15, 0.2) is 0 Å². The minimum atomic E-state index is -4.58. The van der Waals surface area contributed by atoms with Crippen molar-refractivity contribution < 1.29 is 32.9 Å². The van der Waals surface area contributed by atoms with Gasteiger partial charge in [0.25, 0.3) is 7.82 Å². The van der Waals surface area contributed by atoms with E-state index in [0.29, 0.717) is 17.4 Å². The van der Waals surface area contributed by atoms with E-state index < -0.39 is 20.0 Å². The predicted molar refractivity (Wildman–Crippen MR) is 219 cm³/mol. The van der Waals surface area contributed by atoms with Crippen LogP contribution < -0.4 is 10.2 Å². The van der Waals surface area contributed by atoms with Gasteiger partial charge in [0.1, 0.15) is 13.2 Å². The molecule has 0 radical (unpaired) electrons. The van der Waals surface area contributed by atoms with Crippen LogP contribution in [0, 0.1) is 0 Å². The molecule has 2 N–H and O–H groups in total. The van der Waals surface area contributed by atoms with Crippen LogP contribution in [0.2, 0.25) is 0 Å². The lowest BCUT2D eigenvalue weighted by Crippen LogP contribution is -2.45. The van der Waals surface area contributed by atoms with Gasteiger partial charge in [-0.15, -0.1) is 0 Å². The van der Waals surface area contributed by atoms with Crippen molar-refractivity contribution >= 4 is 13.7 Å². The molecule has 0 aromatic carbocycles. The van der Waals surface area contributed by atoms with Crippen molar-refractivity contribution in [3.05, 3.63) is 60.8 Å². The molecule has 1 amide bonds. The highest BCUT2D eigenvalue weighted by molar-refractivity contribution is 7.45. The van der Waals surface area contributed by atoms with Crippen LogP contribution in [0.15, 0.2) is 60.8 Å². The predicted octanol–water partition coefficient (Wildman–Crippen LogP) is 10.4. The summed E-state index contributed by atoms with van der Waals surface area (Å²) in [7, 11) is 1.24. The van der Waals surface area contributed by atoms with E-state index in [1.165, 1.54) is 70.6 Å². The fourth-order valence-electron chi connectivity index (χ4n) is 5.43. The number of likely N-dealkylation sites (N-methyl/N-ethyl adjacent to an activating group) is 1. The lowest BCUT2D eigenvalue weighted by atomic mass is 10.0. The van der Waals surface area contributed by atoms with Crippen LogP contribution in [0.25, 0.3) is 0 Å². The number of amides is 1. The van der Waals surface area contributed by atoms with Crippen molar-refractivity contribution in [2.24, 2.45) is 0 Å². The quantitative estimate of drug-likeness (QED) is 0.0286. The molecule has 0 bridgehead atoms. The molecule has 0 saturated heterocycles. The van der Waals surface area contributed by atoms with Crippen LogP contribution in [0.3, 0.4) is 0 Å². The highest BCUT2D eigenvalue weighted by Gasteiger charge is 2.23. The molecule has 3 unspecified atom stereocenters. The van der Waals surface area contributed by atoms with Crippen LogP contribution in [0.1, 0.15) is 155 Å². The Morgan fingerprint density at radius 1 is 0.692 bits per heavy atom. The van der Waals surface area contributed by atoms with Crippen LogP contribution in [-0.2, 0) is 18.4 Å². The highest BCUT2D eigenvalue weighted by Crippen LogP contribution is 2.38. The number of hydrogen-bond donors (Lipinski definition) is 2. The van der Waals surface area contributed by atoms with Crippen LogP contribution in [-0.4, -0.2) is 68.5 Å². The molecule has 0 fully saturated rings. The number of phosphoric acid groups is 1. The van der Waals surface area contributed by atoms with Crippen molar-refractivity contribution in [2.75, 3.05) is 40.9 Å². The zero-order chi connectivity index (χ0) is 38.6. The standard InChI is InChI=1S/C43H79N2O6P/c1-6-8-10-12-14-15-16-17-18-19-20-21-22-23-24-25-26-27-28-29-31-33-35-37-43(47)44-41(42(46)36-34-32-30-13-11-9-7-2)40-51-52(48,49)50-39-38-45(3,4)5/h8,10,14-15,17-18,20-21,34,36,41-42,46H,6-7,9,11-13,16,19,22-33,35,37-40H2,1-5H3,(H-,44,47,48,49)/b10-8-,15-14-,18-17-,21-20-,36-34+. The van der Waals surface area contributed by atoms with Crippen LogP contribution in [0.5, 0.6) is 0 Å². The Morgan fingerprint density at radius 3 is 1.71 bits per heavy atom. The number of quaternary nitrogens is 1. The maximum Gasteiger partial charge on any atom is 0.268 e. The second-order valence-electron chi connectivity index (χ2n) is 15.0. The van der Waals surface area contributed by atoms with Crippen LogP contribution in [0.4, 0.5) is 0 Å². The first kappa shape index (κ1) is 50.2. The minimum Gasteiger partial charge on any atom is -0.756 e. The Balaban J connectivity index is 4.22. The first-order valence-corrected chi connectivity index (χ1v) is 22.1. The molecule has 0 aliphatic heterocycles. The SMILES string of the molecule is CC/C=C\C/C=C\C/C=C\C/C=C\CCCCCCCCCCCCC(=O)NC(COP(=O)([O-])OCC[N+](C)(C)C)C(O)/C=C/CCCCCCC. The zero-order valence-corrected chi connectivity index (χ0v) is 34.9. The molecule has 0 aliphatic rings. The van der Waals surface area contributed by atoms with Gasteiger partial charge in [-0.05, 0) is 57.8 Å². The van der Waals surface area contributed by atoms with E-state index in [2.05, 4.69) is 67.8 Å². The number of phosphoric ester groups is 1. The number of carbonyl (C=O) groups excluding carboxylic acids is 1. The van der Waals surface area contributed by atoms with E-state index in [1.807, 2.05) is 27.2 Å². The van der Waals surface area contributed by atoms with Gasteiger partial charge in [-0.1, -0.05) is 152 Å². The fourth-order valence-corrected chi connectivity index (χ4v) is 6.16. The summed E-state index contributed by atoms with van der Waals surface area (Å²) < 4.78 is 23.0. The van der Waals surface area contributed by atoms with E-state index in [4.69, 9.17) is 9.05 Å². The maximum atomic E-state index is 12.8. The summed E-state index contributed by atoms with van der Waals surface area (Å²) >= 11 is 0. The second-order valence-corrected chi connectivity index (χ2v) is 16.4. The summed E-state index contributed by atoms with van der Waals surface area (Å²) in [6.45, 7) is 4.44. The maximum absolute atomic E-state index is 12.8. The van der Waals surface area contributed by atoms with Gasteiger partial charge in [0.2, 0.25) is 5.91 Å². The van der Waals surface area contributed by atoms with E-state index >= 15 is 0 Å². The molecule has 3 atom stereocenters. The number of nitrogens with zero attached hydrogens (tertiary/aromatic N) is 1. The third-order valence-corrected chi connectivity index (χ3v) is 9.70. The largest absolute Gasteiger partial charge is 0.756 e. The number of nitrogens with one attached hydrogen (secondary N) is 1. The minimum absolute atomic E-state index is 0.00492. The zero-order valence-electron chi connectivity index (χ0n) is 34.0. The van der Waals surface area contributed by atoms with Gasteiger partial charge in [-0.2, -0.15) is 0 Å². The highest BCUT2D eigenvalue weighted by atomic mass is 31.2. The second kappa shape index (κ2) is 34.9. The molecule has 8 nitrogen and oxygen atoms in total. The molecule has 52 heavy (non-hydrogen) atoms. The third-order valence-electron chi connectivity index (χ3n) is 8.73. The van der Waals surface area contributed by atoms with Crippen molar-refractivity contribution in [3.8, 4) is 0 Å². The summed E-state index contributed by atoms with van der Waals surface area (Å²) in [5.74, 6) is -0.211. The molecule has 0 heterocycles. The topological polar surface area (TPSA) is 108 Å². The molecule has 0 saturated carbocycles. The van der Waals surface area contributed by atoms with E-state index in [1.54, 1.807) is 6.08 Å². The Bertz CT molecular complexity index is 1030. The van der Waals surface area contributed by atoms with Gasteiger partial charge in [0.05, 0.1) is 39.9 Å². The molecule has 9 heteroatoms. The molecule has 302 valence electrons. The molecule has 0 aromatic heterocycles. The average Bonchev–Trinajstić information content (AvgIpc) is 3.09. The molecule has 0 aromatic rings. The van der Waals surface area contributed by atoms with Gasteiger partial charge in [-0.3, -0.25) is 9.36 Å². The third kappa shape index (κ3) is 36.6. The Labute approximate surface area is 320 Å². The fraction of sp³-hybridized carbons (Fsp3) is 0.744. The average molecular weight is 751 g/mol. The monoisotopic (exact) mass is 751 g/mol. The van der Waals surface area contributed by atoms with Gasteiger partial charge in [0, 0.05) is 6.42 Å². The first-order valence-electron chi connectivity index (χ1n) is 20.7. The number of aliphatic hydroxyl groups is 1. The molecule has 0 aliphatic carbocycles. The van der Waals surface area contributed by atoms with Gasteiger partial charge < -0.3 is 28.8 Å². The number of unbranched alkanes of at least 4 members (excludes halogenated alkanes) is 15. The molecule has 0 rings (SSSR count). The summed E-state index contributed by atoms with van der Waals surface area (Å²) in [5, 5.41) is 13.6. The number of hydrogen-bond acceptors (Lipinski definition) is 6. The Kier molecular flexibility index (Phi) is 33.7. The van der Waals surface area contributed by atoms with Crippen LogP contribution >= 0.6 is 7.82 Å². The summed E-state index contributed by atoms with van der Waals surface area (Å²) in [4.78, 5) is 25.1. The summed E-state index contributed by atoms with van der Waals surface area (Å²) in [6.07, 6.45) is 44.3. The Hall–Kier alpha value is -1.80. The summed E-state index contributed by atoms with van der Waals surface area (Å²) in [6, 6.07) is -0.887. The Morgan fingerprint density at radius 2 is 1.17 bits per heavy atom. The van der Waals surface area contributed by atoms with Gasteiger partial charge in [-0.25, -0.2) is 0 Å². The molecular formula is C43H79N2O6P. The van der Waals surface area contributed by atoms with E-state index in [9.17, 15) is 19.4 Å². The normalized spacial score (nSPS) is 15.1. The molecule has 0 spiro atoms. The van der Waals surface area contributed by atoms with Crippen molar-refractivity contribution in [2.45, 2.75) is 167 Å². The number of rotatable bonds is 36. The lowest BCUT2D eigenvalue weighted by Gasteiger charge is -2.29. The van der Waals surface area contributed by atoms with E-state index in [0.717, 1.165) is 64.2 Å². The summed E-state index contributed by atoms with van der Waals surface area (Å²) in [5.41, 5.74) is 0. The number of aliphatic hydroxyl groups excluding tert-OH is 1.